The summed E-state index contributed by atoms with van der Waals surface area (Å²) in [6.45, 7) is 0. The highest BCUT2D eigenvalue weighted by molar-refractivity contribution is 5.92. The monoisotopic (exact) mass is 172 g/mol. The smallest absolute Gasteiger partial charge is 0.288 e. The molecule has 0 rings (SSSR count). The number of aliphatic imine (C=N–C) groups is 1. The minimum Gasteiger partial charge on any atom is -0.288 e. The molecule has 0 aliphatic heterocycles. The van der Waals surface area contributed by atoms with Crippen molar-refractivity contribution in [2.45, 2.75) is 12.8 Å². The van der Waals surface area contributed by atoms with E-state index in [1.807, 2.05) is 0 Å². The van der Waals surface area contributed by atoms with E-state index in [4.69, 9.17) is 5.26 Å². The Labute approximate surface area is 68.0 Å². The van der Waals surface area contributed by atoms with Gasteiger partial charge in [-0.1, -0.05) is 0 Å². The van der Waals surface area contributed by atoms with Crippen molar-refractivity contribution in [3.63, 3.8) is 0 Å². The zero-order valence-corrected chi connectivity index (χ0v) is 6.08. The number of halogens is 2. The molecule has 5 heteroatoms. The van der Waals surface area contributed by atoms with Crippen molar-refractivity contribution < 1.29 is 13.6 Å². The molecular formula is C7H6F2N2O. The van der Waals surface area contributed by atoms with Gasteiger partial charge in [0.05, 0.1) is 12.5 Å². The standard InChI is InChI=1S/C7H6F2N2O/c8-7(9)6(12)2-5-11-4-1-3-10/h2,4-5,7H,1H2. The van der Waals surface area contributed by atoms with Crippen LogP contribution in [0.2, 0.25) is 0 Å². The lowest BCUT2D eigenvalue weighted by atomic mass is 10.4. The van der Waals surface area contributed by atoms with Gasteiger partial charge < -0.3 is 0 Å². The number of hydrogen-bond donors (Lipinski definition) is 0. The van der Waals surface area contributed by atoms with E-state index in [0.29, 0.717) is 6.08 Å². The predicted octanol–water partition coefficient (Wildman–Crippen LogP) is 1.32. The van der Waals surface area contributed by atoms with Crippen molar-refractivity contribution in [3.8, 4) is 6.07 Å². The first-order valence-electron chi connectivity index (χ1n) is 3.05. The molecular weight excluding hydrogens is 166 g/mol. The first-order valence-corrected chi connectivity index (χ1v) is 3.05. The Bertz CT molecular complexity index is 240. The summed E-state index contributed by atoms with van der Waals surface area (Å²) in [4.78, 5) is 13.6. The molecule has 0 aliphatic carbocycles. The molecule has 0 saturated carbocycles. The van der Waals surface area contributed by atoms with E-state index in [1.165, 1.54) is 6.21 Å². The number of nitrogens with zero attached hydrogens (tertiary/aromatic N) is 2. The normalized spacial score (nSPS) is 11.2. The second-order valence-corrected chi connectivity index (χ2v) is 1.71. The number of ketones is 1. The molecule has 12 heavy (non-hydrogen) atoms. The molecule has 0 atom stereocenters. The molecule has 3 nitrogen and oxygen atoms in total. The molecule has 0 amide bonds. The molecule has 0 N–H and O–H groups in total. The molecule has 0 heterocycles. The summed E-state index contributed by atoms with van der Waals surface area (Å²) >= 11 is 0. The lowest BCUT2D eigenvalue weighted by Gasteiger charge is -1.86. The van der Waals surface area contributed by atoms with Crippen LogP contribution in [0.5, 0.6) is 0 Å². The number of hydrogen-bond acceptors (Lipinski definition) is 3. The third-order valence-electron chi connectivity index (χ3n) is 0.828. The Morgan fingerprint density at radius 1 is 1.67 bits per heavy atom. The van der Waals surface area contributed by atoms with Gasteiger partial charge in [-0.15, -0.1) is 0 Å². The molecule has 0 aromatic carbocycles. The van der Waals surface area contributed by atoms with Gasteiger partial charge in [-0.3, -0.25) is 9.79 Å². The van der Waals surface area contributed by atoms with E-state index in [1.54, 1.807) is 6.07 Å². The van der Waals surface area contributed by atoms with Crippen molar-refractivity contribution in [1.29, 1.82) is 5.26 Å². The van der Waals surface area contributed by atoms with Gasteiger partial charge in [-0.2, -0.15) is 5.26 Å². The van der Waals surface area contributed by atoms with E-state index in [0.717, 1.165) is 6.20 Å². The molecule has 0 unspecified atom stereocenters. The maximum atomic E-state index is 11.5. The fourth-order valence-electron chi connectivity index (χ4n) is 0.344. The van der Waals surface area contributed by atoms with Gasteiger partial charge in [0.15, 0.2) is 0 Å². The van der Waals surface area contributed by atoms with Gasteiger partial charge in [0.2, 0.25) is 5.78 Å². The second-order valence-electron chi connectivity index (χ2n) is 1.71. The summed E-state index contributed by atoms with van der Waals surface area (Å²) in [5, 5.41) is 8.01. The summed E-state index contributed by atoms with van der Waals surface area (Å²) in [5.41, 5.74) is 0. The molecule has 0 bridgehead atoms. The predicted molar refractivity (Wildman–Crippen MR) is 38.9 cm³/mol. The summed E-state index contributed by atoms with van der Waals surface area (Å²) in [5.74, 6) is -1.29. The Balaban J connectivity index is 3.78. The lowest BCUT2D eigenvalue weighted by Crippen LogP contribution is -2.04. The van der Waals surface area contributed by atoms with Gasteiger partial charge in [0, 0.05) is 18.5 Å². The summed E-state index contributed by atoms with van der Waals surface area (Å²) in [6, 6.07) is 1.76. The number of alkyl halides is 2. The van der Waals surface area contributed by atoms with Crippen LogP contribution in [0.25, 0.3) is 0 Å². The fourth-order valence-corrected chi connectivity index (χ4v) is 0.344. The van der Waals surface area contributed by atoms with Crippen molar-refractivity contribution >= 4 is 12.0 Å². The number of carbonyl (C=O) groups excluding carboxylic acids is 1. The third kappa shape index (κ3) is 5.23. The Morgan fingerprint density at radius 3 is 2.83 bits per heavy atom. The van der Waals surface area contributed by atoms with Crippen molar-refractivity contribution in [2.24, 2.45) is 4.99 Å². The molecule has 0 aromatic rings. The van der Waals surface area contributed by atoms with Crippen LogP contribution in [0, 0.1) is 11.3 Å². The SMILES string of the molecule is N#CCC=NC=CC(=O)C(F)F. The van der Waals surface area contributed by atoms with Crippen molar-refractivity contribution in [2.75, 3.05) is 0 Å². The third-order valence-corrected chi connectivity index (χ3v) is 0.828. The number of allylic oxidation sites excluding steroid dienone is 1. The molecule has 0 saturated heterocycles. The van der Waals surface area contributed by atoms with E-state index >= 15 is 0 Å². The Hall–Kier alpha value is -1.57. The van der Waals surface area contributed by atoms with Crippen molar-refractivity contribution in [1.82, 2.24) is 0 Å². The van der Waals surface area contributed by atoms with Gasteiger partial charge in [0.1, 0.15) is 0 Å². The van der Waals surface area contributed by atoms with Crippen LogP contribution in [0.15, 0.2) is 17.3 Å². The minimum atomic E-state index is -2.99. The highest BCUT2D eigenvalue weighted by Gasteiger charge is 2.09. The molecule has 64 valence electrons. The van der Waals surface area contributed by atoms with Crippen LogP contribution in [0.4, 0.5) is 8.78 Å². The molecule has 0 fully saturated rings. The fraction of sp³-hybridized carbons (Fsp3) is 0.286. The largest absolute Gasteiger partial charge is 0.299 e. The van der Waals surface area contributed by atoms with Gasteiger partial charge >= 0.3 is 0 Å². The number of carbonyl (C=O) groups is 1. The van der Waals surface area contributed by atoms with Gasteiger partial charge in [-0.05, 0) is 0 Å². The Kier molecular flexibility index (Phi) is 5.35. The number of nitriles is 1. The van der Waals surface area contributed by atoms with E-state index in [9.17, 15) is 13.6 Å². The average Bonchev–Trinajstić information content (AvgIpc) is 2.03. The molecule has 0 aliphatic rings. The van der Waals surface area contributed by atoms with Crippen molar-refractivity contribution in [3.05, 3.63) is 12.3 Å². The maximum Gasteiger partial charge on any atom is 0.299 e. The summed E-state index contributed by atoms with van der Waals surface area (Å²) in [7, 11) is 0. The van der Waals surface area contributed by atoms with E-state index in [-0.39, 0.29) is 6.42 Å². The second kappa shape index (κ2) is 6.16. The number of rotatable bonds is 4. The van der Waals surface area contributed by atoms with Crippen LogP contribution in [-0.2, 0) is 4.79 Å². The van der Waals surface area contributed by atoms with Crippen LogP contribution >= 0.6 is 0 Å². The average molecular weight is 172 g/mol. The topological polar surface area (TPSA) is 53.2 Å². The maximum absolute atomic E-state index is 11.5. The Morgan fingerprint density at radius 2 is 2.33 bits per heavy atom. The first kappa shape index (κ1) is 10.4. The molecule has 0 aromatic heterocycles. The van der Waals surface area contributed by atoms with E-state index in [2.05, 4.69) is 4.99 Å². The minimum absolute atomic E-state index is 0.0905. The lowest BCUT2D eigenvalue weighted by molar-refractivity contribution is -0.124. The van der Waals surface area contributed by atoms with Crippen LogP contribution in [0.1, 0.15) is 6.42 Å². The highest BCUT2D eigenvalue weighted by atomic mass is 19.3. The summed E-state index contributed by atoms with van der Waals surface area (Å²) in [6.07, 6.45) is -0.0836. The van der Waals surface area contributed by atoms with E-state index < -0.39 is 12.2 Å². The molecule has 0 spiro atoms. The zero-order chi connectivity index (χ0) is 9.40. The first-order chi connectivity index (χ1) is 5.68. The van der Waals surface area contributed by atoms with Crippen LogP contribution in [0.3, 0.4) is 0 Å². The highest BCUT2D eigenvalue weighted by Crippen LogP contribution is 1.94. The van der Waals surface area contributed by atoms with Crippen LogP contribution in [-0.4, -0.2) is 18.4 Å². The van der Waals surface area contributed by atoms with Crippen LogP contribution < -0.4 is 0 Å². The van der Waals surface area contributed by atoms with Gasteiger partial charge in [-0.25, -0.2) is 8.78 Å². The zero-order valence-electron chi connectivity index (χ0n) is 6.08. The van der Waals surface area contributed by atoms with Gasteiger partial charge in [0.25, 0.3) is 6.43 Å². The quantitative estimate of drug-likeness (QED) is 0.474. The summed E-state index contributed by atoms with van der Waals surface area (Å²) < 4.78 is 23.0. The molecule has 0 radical (unpaired) electrons.